The van der Waals surface area contributed by atoms with Crippen LogP contribution in [0.1, 0.15) is 23.3 Å². The minimum absolute atomic E-state index is 0.164. The highest BCUT2D eigenvalue weighted by atomic mass is 16.5. The van der Waals surface area contributed by atoms with Crippen LogP contribution in [0.3, 0.4) is 0 Å². The van der Waals surface area contributed by atoms with Gasteiger partial charge in [0.25, 0.3) is 0 Å². The highest BCUT2D eigenvalue weighted by molar-refractivity contribution is 5.86. The molecule has 1 unspecified atom stereocenters. The monoisotopic (exact) mass is 251 g/mol. The quantitative estimate of drug-likeness (QED) is 0.774. The summed E-state index contributed by atoms with van der Waals surface area (Å²) in [7, 11) is 1.31. The van der Waals surface area contributed by atoms with E-state index in [1.165, 1.54) is 25.9 Å². The summed E-state index contributed by atoms with van der Waals surface area (Å²) in [5, 5.41) is 3.31. The maximum atomic E-state index is 11.3. The second kappa shape index (κ2) is 6.30. The smallest absolute Gasteiger partial charge is 0.358 e. The summed E-state index contributed by atoms with van der Waals surface area (Å²) in [6.45, 7) is 2.73. The minimum atomic E-state index is -0.507. The van der Waals surface area contributed by atoms with Crippen LogP contribution >= 0.6 is 0 Å². The largest absolute Gasteiger partial charge is 0.477 e. The van der Waals surface area contributed by atoms with Gasteiger partial charge in [-0.15, -0.1) is 0 Å². The molecule has 1 fully saturated rings. The van der Waals surface area contributed by atoms with Gasteiger partial charge in [-0.05, 0) is 31.8 Å². The molecule has 1 atom stereocenters. The van der Waals surface area contributed by atoms with Crippen LogP contribution in [0.2, 0.25) is 0 Å². The van der Waals surface area contributed by atoms with E-state index >= 15 is 0 Å². The number of methoxy groups -OCH3 is 1. The van der Waals surface area contributed by atoms with Crippen molar-refractivity contribution in [3.05, 3.63) is 18.1 Å². The van der Waals surface area contributed by atoms with E-state index in [4.69, 9.17) is 4.74 Å². The molecule has 6 heteroatoms. The van der Waals surface area contributed by atoms with Crippen molar-refractivity contribution in [3.63, 3.8) is 0 Å². The molecule has 1 aromatic heterocycles. The number of nitrogens with one attached hydrogen (secondary N) is 1. The average molecular weight is 251 g/mol. The fourth-order valence-corrected chi connectivity index (χ4v) is 1.91. The summed E-state index contributed by atoms with van der Waals surface area (Å²) >= 11 is 0. The molecule has 0 spiro atoms. The molecule has 2 rings (SSSR count). The van der Waals surface area contributed by atoms with Crippen LogP contribution in [0.15, 0.2) is 12.4 Å². The van der Waals surface area contributed by atoms with E-state index in [9.17, 15) is 4.79 Å². The first-order valence-corrected chi connectivity index (χ1v) is 6.03. The normalized spacial score (nSPS) is 18.6. The maximum absolute atomic E-state index is 11.3. The van der Waals surface area contributed by atoms with Crippen molar-refractivity contribution in [1.82, 2.24) is 15.3 Å². The standard InChI is InChI=1S/C12H17N3O3/c1-17-12(16)10-7-14-8-11(15-10)18-5-3-9-2-4-13-6-9/h7-9,13H,2-6H2,1H3. The third-order valence-corrected chi connectivity index (χ3v) is 2.95. The summed E-state index contributed by atoms with van der Waals surface area (Å²) < 4.78 is 10.1. The molecular weight excluding hydrogens is 234 g/mol. The summed E-state index contributed by atoms with van der Waals surface area (Å²) in [5.74, 6) is 0.526. The van der Waals surface area contributed by atoms with E-state index in [0.29, 0.717) is 18.4 Å². The van der Waals surface area contributed by atoms with E-state index in [1.807, 2.05) is 0 Å². The molecule has 1 N–H and O–H groups in total. The van der Waals surface area contributed by atoms with Gasteiger partial charge < -0.3 is 14.8 Å². The van der Waals surface area contributed by atoms with Crippen molar-refractivity contribution in [2.75, 3.05) is 26.8 Å². The number of carbonyl (C=O) groups is 1. The lowest BCUT2D eigenvalue weighted by Gasteiger charge is -2.09. The lowest BCUT2D eigenvalue weighted by Crippen LogP contribution is -2.12. The third-order valence-electron chi connectivity index (χ3n) is 2.95. The van der Waals surface area contributed by atoms with E-state index in [-0.39, 0.29) is 5.69 Å². The van der Waals surface area contributed by atoms with Crippen molar-refractivity contribution in [3.8, 4) is 5.88 Å². The molecule has 1 saturated heterocycles. The molecule has 1 aliphatic heterocycles. The zero-order valence-electron chi connectivity index (χ0n) is 10.4. The lowest BCUT2D eigenvalue weighted by atomic mass is 10.1. The Bertz CT molecular complexity index is 405. The highest BCUT2D eigenvalue weighted by Crippen LogP contribution is 2.13. The Hall–Kier alpha value is -1.69. The van der Waals surface area contributed by atoms with Crippen molar-refractivity contribution in [2.45, 2.75) is 12.8 Å². The van der Waals surface area contributed by atoms with Crippen molar-refractivity contribution in [2.24, 2.45) is 5.92 Å². The Morgan fingerprint density at radius 2 is 2.44 bits per heavy atom. The second-order valence-electron chi connectivity index (χ2n) is 4.23. The van der Waals surface area contributed by atoms with Crippen molar-refractivity contribution in [1.29, 1.82) is 0 Å². The number of hydrogen-bond acceptors (Lipinski definition) is 6. The van der Waals surface area contributed by atoms with E-state index in [1.54, 1.807) is 0 Å². The van der Waals surface area contributed by atoms with Crippen LogP contribution in [0.4, 0.5) is 0 Å². The number of esters is 1. The van der Waals surface area contributed by atoms with Crippen LogP contribution in [0.25, 0.3) is 0 Å². The van der Waals surface area contributed by atoms with Gasteiger partial charge in [-0.25, -0.2) is 9.78 Å². The van der Waals surface area contributed by atoms with Crippen LogP contribution in [-0.2, 0) is 4.74 Å². The molecule has 0 aliphatic carbocycles. The minimum Gasteiger partial charge on any atom is -0.477 e. The van der Waals surface area contributed by atoms with Crippen LogP contribution < -0.4 is 10.1 Å². The maximum Gasteiger partial charge on any atom is 0.358 e. The van der Waals surface area contributed by atoms with E-state index in [2.05, 4.69) is 20.0 Å². The van der Waals surface area contributed by atoms with Gasteiger partial charge in [-0.3, -0.25) is 4.98 Å². The molecule has 0 amide bonds. The number of hydrogen-bond donors (Lipinski definition) is 1. The van der Waals surface area contributed by atoms with Gasteiger partial charge in [0.15, 0.2) is 5.69 Å². The molecule has 0 radical (unpaired) electrons. The third kappa shape index (κ3) is 3.40. The molecule has 0 aromatic carbocycles. The predicted octanol–water partition coefficient (Wildman–Crippen LogP) is 0.642. The molecule has 18 heavy (non-hydrogen) atoms. The summed E-state index contributed by atoms with van der Waals surface area (Å²) in [6.07, 6.45) is 5.04. The van der Waals surface area contributed by atoms with Crippen molar-refractivity contribution < 1.29 is 14.3 Å². The molecule has 0 saturated carbocycles. The SMILES string of the molecule is COC(=O)c1cncc(OCCC2CCNC2)n1. The van der Waals surface area contributed by atoms with Gasteiger partial charge in [0.1, 0.15) is 0 Å². The second-order valence-corrected chi connectivity index (χ2v) is 4.23. The number of carbonyl (C=O) groups excluding carboxylic acids is 1. The van der Waals surface area contributed by atoms with Crippen molar-refractivity contribution >= 4 is 5.97 Å². The Morgan fingerprint density at radius 1 is 1.56 bits per heavy atom. The van der Waals surface area contributed by atoms with Gasteiger partial charge in [0.2, 0.25) is 5.88 Å². The first kappa shape index (κ1) is 12.8. The van der Waals surface area contributed by atoms with Crippen LogP contribution in [0, 0.1) is 5.92 Å². The zero-order valence-corrected chi connectivity index (χ0v) is 10.4. The average Bonchev–Trinajstić information content (AvgIpc) is 2.91. The first-order chi connectivity index (χ1) is 8.79. The fourth-order valence-electron chi connectivity index (χ4n) is 1.91. The van der Waals surface area contributed by atoms with Gasteiger partial charge in [0, 0.05) is 0 Å². The Balaban J connectivity index is 1.83. The van der Waals surface area contributed by atoms with E-state index < -0.39 is 5.97 Å². The molecule has 98 valence electrons. The molecule has 1 aliphatic rings. The fraction of sp³-hybridized carbons (Fsp3) is 0.583. The van der Waals surface area contributed by atoms with Crippen LogP contribution in [-0.4, -0.2) is 42.7 Å². The number of nitrogens with zero attached hydrogens (tertiary/aromatic N) is 2. The number of ether oxygens (including phenoxy) is 2. The molecule has 1 aromatic rings. The Labute approximate surface area is 106 Å². The number of rotatable bonds is 5. The summed E-state index contributed by atoms with van der Waals surface area (Å²) in [4.78, 5) is 19.2. The van der Waals surface area contributed by atoms with Gasteiger partial charge >= 0.3 is 5.97 Å². The molecule has 0 bridgehead atoms. The van der Waals surface area contributed by atoms with Gasteiger partial charge in [-0.2, -0.15) is 0 Å². The first-order valence-electron chi connectivity index (χ1n) is 6.03. The number of aromatic nitrogens is 2. The predicted molar refractivity (Wildman–Crippen MR) is 64.5 cm³/mol. The Morgan fingerprint density at radius 3 is 3.17 bits per heavy atom. The molecular formula is C12H17N3O3. The zero-order chi connectivity index (χ0) is 12.8. The highest BCUT2D eigenvalue weighted by Gasteiger charge is 2.14. The summed E-state index contributed by atoms with van der Waals surface area (Å²) in [5.41, 5.74) is 0.164. The van der Waals surface area contributed by atoms with Gasteiger partial charge in [0.05, 0.1) is 26.1 Å². The van der Waals surface area contributed by atoms with Crippen LogP contribution in [0.5, 0.6) is 5.88 Å². The lowest BCUT2D eigenvalue weighted by molar-refractivity contribution is 0.0592. The molecule has 6 nitrogen and oxygen atoms in total. The van der Waals surface area contributed by atoms with E-state index in [0.717, 1.165) is 19.5 Å². The topological polar surface area (TPSA) is 73.3 Å². The molecule has 2 heterocycles. The van der Waals surface area contributed by atoms with Gasteiger partial charge in [-0.1, -0.05) is 0 Å². The summed E-state index contributed by atoms with van der Waals surface area (Å²) in [6, 6.07) is 0. The Kier molecular flexibility index (Phi) is 4.46.